The van der Waals surface area contributed by atoms with E-state index < -0.39 is 6.04 Å². The average molecular weight is 557 g/mol. The third kappa shape index (κ3) is 7.81. The van der Waals surface area contributed by atoms with E-state index in [1.54, 1.807) is 6.20 Å². The summed E-state index contributed by atoms with van der Waals surface area (Å²) in [5, 5.41) is 8.31. The van der Waals surface area contributed by atoms with E-state index in [2.05, 4.69) is 29.5 Å². The molecule has 0 aliphatic rings. The van der Waals surface area contributed by atoms with Crippen molar-refractivity contribution < 1.29 is 19.0 Å². The number of nitrogens with zero attached hydrogens (tertiary/aromatic N) is 1. The number of hydrogen-bond acceptors (Lipinski definition) is 7. The smallest absolute Gasteiger partial charge is 0.247 e. The van der Waals surface area contributed by atoms with Crippen molar-refractivity contribution in [1.82, 2.24) is 10.3 Å². The van der Waals surface area contributed by atoms with Crippen LogP contribution in [0.4, 0.5) is 11.5 Å². The fourth-order valence-corrected chi connectivity index (χ4v) is 4.41. The number of amides is 1. The first-order valence-electron chi connectivity index (χ1n) is 14.1. The van der Waals surface area contributed by atoms with Crippen LogP contribution >= 0.6 is 0 Å². The standard InChI is InChI=1S/C33H40N4O4/c1-6-39-30-18-24(11-14-29(30)41-22(4)5)31(37-26-12-13-27-23(17-26)15-16-35-32(27)34)33(38)36-19-25-9-7-8-10-28(25)40-20-21(2)3/h7-18,21-22,31,37H,6,19-20H2,1-5H3,(H2,34,35)(H,36,38). The van der Waals surface area contributed by atoms with Gasteiger partial charge in [-0.15, -0.1) is 0 Å². The Kier molecular flexibility index (Phi) is 9.90. The third-order valence-electron chi connectivity index (χ3n) is 6.33. The number of aromatic nitrogens is 1. The number of para-hydroxylation sites is 1. The molecule has 1 amide bonds. The minimum Gasteiger partial charge on any atom is -0.493 e. The molecule has 0 aliphatic carbocycles. The number of rotatable bonds is 13. The number of fused-ring (bicyclic) bond motifs is 1. The van der Waals surface area contributed by atoms with Crippen molar-refractivity contribution >= 4 is 28.2 Å². The highest BCUT2D eigenvalue weighted by Gasteiger charge is 2.23. The number of pyridine rings is 1. The van der Waals surface area contributed by atoms with E-state index in [0.29, 0.717) is 43.0 Å². The Morgan fingerprint density at radius 3 is 2.49 bits per heavy atom. The monoisotopic (exact) mass is 556 g/mol. The fraction of sp³-hybridized carbons (Fsp3) is 0.333. The van der Waals surface area contributed by atoms with E-state index in [9.17, 15) is 4.79 Å². The second kappa shape index (κ2) is 13.7. The van der Waals surface area contributed by atoms with Crippen LogP contribution in [0.5, 0.6) is 17.2 Å². The molecule has 0 radical (unpaired) electrons. The van der Waals surface area contributed by atoms with Gasteiger partial charge in [0.15, 0.2) is 11.5 Å². The maximum atomic E-state index is 13.8. The van der Waals surface area contributed by atoms with Crippen LogP contribution in [-0.4, -0.2) is 30.2 Å². The van der Waals surface area contributed by atoms with Gasteiger partial charge in [-0.25, -0.2) is 4.98 Å². The van der Waals surface area contributed by atoms with Crippen LogP contribution in [-0.2, 0) is 11.3 Å². The summed E-state index contributed by atoms with van der Waals surface area (Å²) in [7, 11) is 0. The van der Waals surface area contributed by atoms with Gasteiger partial charge in [-0.3, -0.25) is 4.79 Å². The zero-order valence-electron chi connectivity index (χ0n) is 24.4. The molecule has 216 valence electrons. The summed E-state index contributed by atoms with van der Waals surface area (Å²) in [5.41, 5.74) is 8.47. The first-order valence-corrected chi connectivity index (χ1v) is 14.1. The van der Waals surface area contributed by atoms with Gasteiger partial charge in [-0.05, 0) is 80.1 Å². The van der Waals surface area contributed by atoms with Gasteiger partial charge < -0.3 is 30.6 Å². The fourth-order valence-electron chi connectivity index (χ4n) is 4.41. The quantitative estimate of drug-likeness (QED) is 0.172. The summed E-state index contributed by atoms with van der Waals surface area (Å²) in [5.74, 6) is 2.64. The molecule has 41 heavy (non-hydrogen) atoms. The number of anilines is 2. The normalized spacial score (nSPS) is 11.9. The summed E-state index contributed by atoms with van der Waals surface area (Å²) in [6.07, 6.45) is 1.65. The van der Waals surface area contributed by atoms with Gasteiger partial charge in [0.2, 0.25) is 5.91 Å². The van der Waals surface area contributed by atoms with Crippen molar-refractivity contribution in [1.29, 1.82) is 0 Å². The van der Waals surface area contributed by atoms with Crippen LogP contribution in [0.3, 0.4) is 0 Å². The first kappa shape index (κ1) is 29.5. The molecule has 1 unspecified atom stereocenters. The third-order valence-corrected chi connectivity index (χ3v) is 6.33. The molecule has 8 heteroatoms. The molecule has 0 fully saturated rings. The van der Waals surface area contributed by atoms with Gasteiger partial charge in [0.25, 0.3) is 0 Å². The molecule has 0 saturated heterocycles. The number of nitrogens with one attached hydrogen (secondary N) is 2. The lowest BCUT2D eigenvalue weighted by molar-refractivity contribution is -0.122. The van der Waals surface area contributed by atoms with Gasteiger partial charge in [0.1, 0.15) is 17.6 Å². The highest BCUT2D eigenvalue weighted by atomic mass is 16.5. The molecule has 1 aromatic heterocycles. The molecule has 0 spiro atoms. The molecule has 4 N–H and O–H groups in total. The summed E-state index contributed by atoms with van der Waals surface area (Å²) in [6, 6.07) is 20.3. The minimum atomic E-state index is -0.720. The zero-order chi connectivity index (χ0) is 29.4. The van der Waals surface area contributed by atoms with E-state index in [-0.39, 0.29) is 12.0 Å². The molecule has 0 aliphatic heterocycles. The van der Waals surface area contributed by atoms with E-state index in [0.717, 1.165) is 33.3 Å². The molecular formula is C33H40N4O4. The lowest BCUT2D eigenvalue weighted by Crippen LogP contribution is -2.33. The maximum absolute atomic E-state index is 13.8. The van der Waals surface area contributed by atoms with Crippen molar-refractivity contribution in [2.24, 2.45) is 5.92 Å². The van der Waals surface area contributed by atoms with Crippen LogP contribution in [0.15, 0.2) is 72.9 Å². The molecule has 1 heterocycles. The second-order valence-electron chi connectivity index (χ2n) is 10.5. The molecule has 0 saturated carbocycles. The van der Waals surface area contributed by atoms with Gasteiger partial charge in [-0.1, -0.05) is 38.1 Å². The van der Waals surface area contributed by atoms with Crippen LogP contribution < -0.4 is 30.6 Å². The summed E-state index contributed by atoms with van der Waals surface area (Å²) in [4.78, 5) is 18.0. The second-order valence-corrected chi connectivity index (χ2v) is 10.5. The van der Waals surface area contributed by atoms with E-state index in [4.69, 9.17) is 19.9 Å². The Bertz CT molecular complexity index is 1470. The SMILES string of the molecule is CCOc1cc(C(Nc2ccc3c(N)nccc3c2)C(=O)NCc2ccccc2OCC(C)C)ccc1OC(C)C. The van der Waals surface area contributed by atoms with Crippen LogP contribution in [0.25, 0.3) is 10.8 Å². The van der Waals surface area contributed by atoms with E-state index >= 15 is 0 Å². The number of hydrogen-bond donors (Lipinski definition) is 3. The Labute approximate surface area is 242 Å². The van der Waals surface area contributed by atoms with Crippen LogP contribution in [0, 0.1) is 5.92 Å². The first-order chi connectivity index (χ1) is 19.7. The average Bonchev–Trinajstić information content (AvgIpc) is 2.95. The topological polar surface area (TPSA) is 108 Å². The Morgan fingerprint density at radius 1 is 0.927 bits per heavy atom. The maximum Gasteiger partial charge on any atom is 0.247 e. The van der Waals surface area contributed by atoms with Gasteiger partial charge in [0.05, 0.1) is 19.3 Å². The Hall–Kier alpha value is -4.46. The molecule has 0 bridgehead atoms. The van der Waals surface area contributed by atoms with Gasteiger partial charge >= 0.3 is 0 Å². The largest absolute Gasteiger partial charge is 0.493 e. The van der Waals surface area contributed by atoms with Gasteiger partial charge in [-0.2, -0.15) is 0 Å². The van der Waals surface area contributed by atoms with Crippen molar-refractivity contribution in [3.05, 3.63) is 84.1 Å². The van der Waals surface area contributed by atoms with E-state index in [1.807, 2.05) is 87.5 Å². The molecule has 8 nitrogen and oxygen atoms in total. The number of nitrogen functional groups attached to an aromatic ring is 1. The summed E-state index contributed by atoms with van der Waals surface area (Å²) >= 11 is 0. The predicted octanol–water partition coefficient (Wildman–Crippen LogP) is 6.51. The Morgan fingerprint density at radius 2 is 1.73 bits per heavy atom. The van der Waals surface area contributed by atoms with Crippen LogP contribution in [0.1, 0.15) is 51.8 Å². The van der Waals surface area contributed by atoms with Crippen molar-refractivity contribution in [3.8, 4) is 17.2 Å². The highest BCUT2D eigenvalue weighted by molar-refractivity contribution is 5.94. The van der Waals surface area contributed by atoms with Gasteiger partial charge in [0, 0.05) is 29.4 Å². The van der Waals surface area contributed by atoms with Crippen molar-refractivity contribution in [2.75, 3.05) is 24.3 Å². The number of carbonyl (C=O) groups is 1. The number of benzene rings is 3. The van der Waals surface area contributed by atoms with Crippen molar-refractivity contribution in [3.63, 3.8) is 0 Å². The van der Waals surface area contributed by atoms with Crippen molar-refractivity contribution in [2.45, 2.75) is 53.3 Å². The highest BCUT2D eigenvalue weighted by Crippen LogP contribution is 2.33. The Balaban J connectivity index is 1.65. The lowest BCUT2D eigenvalue weighted by atomic mass is 10.0. The molecular weight excluding hydrogens is 516 g/mol. The number of carbonyl (C=O) groups excluding carboxylic acids is 1. The predicted molar refractivity (Wildman–Crippen MR) is 165 cm³/mol. The lowest BCUT2D eigenvalue weighted by Gasteiger charge is -2.23. The summed E-state index contributed by atoms with van der Waals surface area (Å²) in [6.45, 7) is 11.4. The molecule has 1 atom stereocenters. The minimum absolute atomic E-state index is 0.0187. The number of ether oxygens (including phenoxy) is 3. The van der Waals surface area contributed by atoms with Crippen LogP contribution in [0.2, 0.25) is 0 Å². The molecule has 4 aromatic rings. The molecule has 3 aromatic carbocycles. The number of nitrogens with two attached hydrogens (primary N) is 1. The molecule has 4 rings (SSSR count). The summed E-state index contributed by atoms with van der Waals surface area (Å²) < 4.78 is 17.8. The van der Waals surface area contributed by atoms with E-state index in [1.165, 1.54) is 0 Å². The zero-order valence-corrected chi connectivity index (χ0v) is 24.4.